The summed E-state index contributed by atoms with van der Waals surface area (Å²) in [5.41, 5.74) is 0.458. The summed E-state index contributed by atoms with van der Waals surface area (Å²) in [5.74, 6) is -0.152. The van der Waals surface area contributed by atoms with Crippen LogP contribution in [0.15, 0.2) is 34.4 Å². The zero-order valence-corrected chi connectivity index (χ0v) is 11.0. The van der Waals surface area contributed by atoms with Crippen molar-refractivity contribution < 1.29 is 4.79 Å². The third-order valence-electron chi connectivity index (χ3n) is 2.88. The number of rotatable bonds is 4. The van der Waals surface area contributed by atoms with Crippen molar-refractivity contribution in [3.63, 3.8) is 0 Å². The maximum atomic E-state index is 11.7. The van der Waals surface area contributed by atoms with Gasteiger partial charge in [-0.3, -0.25) is 9.59 Å². The van der Waals surface area contributed by atoms with E-state index in [1.165, 1.54) is 10.7 Å². The molecule has 1 aliphatic carbocycles. The van der Waals surface area contributed by atoms with E-state index in [9.17, 15) is 9.59 Å². The second-order valence-electron chi connectivity index (χ2n) is 4.53. The van der Waals surface area contributed by atoms with Crippen LogP contribution in [0.1, 0.15) is 12.8 Å². The fraction of sp³-hybridized carbons (Fsp3) is 0.308. The van der Waals surface area contributed by atoms with E-state index >= 15 is 0 Å². The van der Waals surface area contributed by atoms with Crippen molar-refractivity contribution in [2.45, 2.75) is 25.4 Å². The number of hydrogen-bond acceptors (Lipinski definition) is 4. The highest BCUT2D eigenvalue weighted by atomic mass is 32.1. The summed E-state index contributed by atoms with van der Waals surface area (Å²) in [7, 11) is 0. The predicted octanol–water partition coefficient (Wildman–Crippen LogP) is 1.25. The smallest absolute Gasteiger partial charge is 0.267 e. The Morgan fingerprint density at radius 1 is 1.42 bits per heavy atom. The SMILES string of the molecule is O=C(Cn1nc(-c2cccs2)ccc1=O)NC1CC1. The largest absolute Gasteiger partial charge is 0.352 e. The third kappa shape index (κ3) is 2.90. The molecule has 3 rings (SSSR count). The van der Waals surface area contributed by atoms with Crippen molar-refractivity contribution in [2.75, 3.05) is 0 Å². The van der Waals surface area contributed by atoms with Crippen LogP contribution < -0.4 is 10.9 Å². The highest BCUT2D eigenvalue weighted by molar-refractivity contribution is 7.13. The number of thiophene rings is 1. The molecule has 0 saturated heterocycles. The summed E-state index contributed by atoms with van der Waals surface area (Å²) in [6.07, 6.45) is 2.06. The maximum Gasteiger partial charge on any atom is 0.267 e. The molecular formula is C13H13N3O2S. The molecule has 0 radical (unpaired) electrons. The molecule has 2 aromatic rings. The van der Waals surface area contributed by atoms with Gasteiger partial charge in [0.25, 0.3) is 5.56 Å². The normalized spacial score (nSPS) is 14.3. The third-order valence-corrected chi connectivity index (χ3v) is 3.77. The summed E-state index contributed by atoms with van der Waals surface area (Å²) in [4.78, 5) is 24.4. The Bertz CT molecular complexity index is 644. The number of aromatic nitrogens is 2. The lowest BCUT2D eigenvalue weighted by atomic mass is 10.3. The topological polar surface area (TPSA) is 64.0 Å². The Hall–Kier alpha value is -1.95. The number of amides is 1. The molecule has 1 saturated carbocycles. The lowest BCUT2D eigenvalue weighted by molar-refractivity contribution is -0.122. The van der Waals surface area contributed by atoms with Crippen LogP contribution in [0.4, 0.5) is 0 Å². The lowest BCUT2D eigenvalue weighted by Gasteiger charge is -2.06. The standard InChI is InChI=1S/C13H13N3O2S/c17-12(14-9-3-4-9)8-16-13(18)6-5-10(15-16)11-2-1-7-19-11/h1-2,5-7,9H,3-4,8H2,(H,14,17). The van der Waals surface area contributed by atoms with Gasteiger partial charge in [0.05, 0.1) is 4.88 Å². The van der Waals surface area contributed by atoms with Crippen LogP contribution in [-0.2, 0) is 11.3 Å². The molecule has 2 aromatic heterocycles. The van der Waals surface area contributed by atoms with Gasteiger partial charge in [-0.1, -0.05) is 6.07 Å². The van der Waals surface area contributed by atoms with Gasteiger partial charge < -0.3 is 5.32 Å². The molecule has 19 heavy (non-hydrogen) atoms. The van der Waals surface area contributed by atoms with Gasteiger partial charge in [0, 0.05) is 12.1 Å². The number of carbonyl (C=O) groups excluding carboxylic acids is 1. The van der Waals surface area contributed by atoms with Crippen molar-refractivity contribution in [3.05, 3.63) is 40.0 Å². The number of hydrogen-bond donors (Lipinski definition) is 1. The monoisotopic (exact) mass is 275 g/mol. The average molecular weight is 275 g/mol. The van der Waals surface area contributed by atoms with Gasteiger partial charge >= 0.3 is 0 Å². The van der Waals surface area contributed by atoms with E-state index in [0.717, 1.165) is 17.7 Å². The summed E-state index contributed by atoms with van der Waals surface area (Å²) in [6.45, 7) is -0.0193. The van der Waals surface area contributed by atoms with Crippen molar-refractivity contribution in [2.24, 2.45) is 0 Å². The molecule has 98 valence electrons. The van der Waals surface area contributed by atoms with Gasteiger partial charge in [-0.2, -0.15) is 5.10 Å². The first-order valence-electron chi connectivity index (χ1n) is 6.14. The minimum Gasteiger partial charge on any atom is -0.352 e. The van der Waals surface area contributed by atoms with E-state index in [0.29, 0.717) is 11.7 Å². The van der Waals surface area contributed by atoms with E-state index in [2.05, 4.69) is 10.4 Å². The fourth-order valence-electron chi connectivity index (χ4n) is 1.75. The molecule has 1 amide bonds. The van der Waals surface area contributed by atoms with Gasteiger partial charge in [-0.05, 0) is 30.4 Å². The summed E-state index contributed by atoms with van der Waals surface area (Å²) >= 11 is 1.55. The maximum absolute atomic E-state index is 11.7. The number of nitrogens with one attached hydrogen (secondary N) is 1. The molecule has 0 aliphatic heterocycles. The second kappa shape index (κ2) is 4.97. The van der Waals surface area contributed by atoms with Gasteiger partial charge in [-0.25, -0.2) is 4.68 Å². The lowest BCUT2D eigenvalue weighted by Crippen LogP contribution is -2.34. The molecule has 2 heterocycles. The van der Waals surface area contributed by atoms with Crippen molar-refractivity contribution in [1.82, 2.24) is 15.1 Å². The Kier molecular flexibility index (Phi) is 3.16. The molecular weight excluding hydrogens is 262 g/mol. The zero-order chi connectivity index (χ0) is 13.2. The predicted molar refractivity (Wildman–Crippen MR) is 73.0 cm³/mol. The van der Waals surface area contributed by atoms with Crippen molar-refractivity contribution in [1.29, 1.82) is 0 Å². The minimum absolute atomic E-state index is 0.0193. The molecule has 0 bridgehead atoms. The van der Waals surface area contributed by atoms with E-state index in [4.69, 9.17) is 0 Å². The molecule has 0 unspecified atom stereocenters. The number of carbonyl (C=O) groups is 1. The molecule has 0 spiro atoms. The molecule has 0 atom stereocenters. The van der Waals surface area contributed by atoms with Crippen LogP contribution in [-0.4, -0.2) is 21.7 Å². The average Bonchev–Trinajstić information content (AvgIpc) is 3.03. The minimum atomic E-state index is -0.258. The molecule has 0 aromatic carbocycles. The number of nitrogens with zero attached hydrogens (tertiary/aromatic N) is 2. The van der Waals surface area contributed by atoms with Gasteiger partial charge in [0.2, 0.25) is 5.91 Å². The summed E-state index contributed by atoms with van der Waals surface area (Å²) in [5, 5.41) is 9.03. The Morgan fingerprint density at radius 2 is 2.26 bits per heavy atom. The van der Waals surface area contributed by atoms with E-state index in [-0.39, 0.29) is 18.0 Å². The van der Waals surface area contributed by atoms with Gasteiger partial charge in [-0.15, -0.1) is 11.3 Å². The molecule has 5 nitrogen and oxygen atoms in total. The van der Waals surface area contributed by atoms with E-state index < -0.39 is 0 Å². The first-order chi connectivity index (χ1) is 9.22. The van der Waals surface area contributed by atoms with Gasteiger partial charge in [0.15, 0.2) is 0 Å². The molecule has 6 heteroatoms. The molecule has 1 aliphatic rings. The van der Waals surface area contributed by atoms with Crippen molar-refractivity contribution >= 4 is 17.2 Å². The first kappa shape index (κ1) is 12.1. The van der Waals surface area contributed by atoms with E-state index in [1.54, 1.807) is 17.4 Å². The zero-order valence-electron chi connectivity index (χ0n) is 10.2. The van der Waals surface area contributed by atoms with Crippen LogP contribution in [0.5, 0.6) is 0 Å². The van der Waals surface area contributed by atoms with Crippen LogP contribution in [0.3, 0.4) is 0 Å². The van der Waals surface area contributed by atoms with Crippen LogP contribution in [0.2, 0.25) is 0 Å². The molecule has 1 fully saturated rings. The quantitative estimate of drug-likeness (QED) is 0.913. The van der Waals surface area contributed by atoms with Crippen LogP contribution in [0.25, 0.3) is 10.6 Å². The molecule has 1 N–H and O–H groups in total. The van der Waals surface area contributed by atoms with Crippen LogP contribution in [0, 0.1) is 0 Å². The second-order valence-corrected chi connectivity index (χ2v) is 5.48. The Labute approximate surface area is 113 Å². The Morgan fingerprint density at radius 3 is 2.95 bits per heavy atom. The van der Waals surface area contributed by atoms with E-state index in [1.807, 2.05) is 17.5 Å². The van der Waals surface area contributed by atoms with Gasteiger partial charge in [0.1, 0.15) is 12.2 Å². The Balaban J connectivity index is 1.81. The highest BCUT2D eigenvalue weighted by Crippen LogP contribution is 2.21. The highest BCUT2D eigenvalue weighted by Gasteiger charge is 2.23. The first-order valence-corrected chi connectivity index (χ1v) is 7.02. The fourth-order valence-corrected chi connectivity index (χ4v) is 2.45. The van der Waals surface area contributed by atoms with Crippen LogP contribution >= 0.6 is 11.3 Å². The summed E-state index contributed by atoms with van der Waals surface area (Å²) in [6, 6.07) is 7.29. The van der Waals surface area contributed by atoms with Crippen molar-refractivity contribution in [3.8, 4) is 10.6 Å². The summed E-state index contributed by atoms with van der Waals surface area (Å²) < 4.78 is 1.22.